The molecular weight excluding hydrogens is 352 g/mol. The van der Waals surface area contributed by atoms with E-state index in [0.29, 0.717) is 26.3 Å². The molecule has 146 valence electrons. The Bertz CT molecular complexity index is 715. The lowest BCUT2D eigenvalue weighted by atomic mass is 9.87. The summed E-state index contributed by atoms with van der Waals surface area (Å²) in [5.41, 5.74) is 1.00. The first-order valence-electron chi connectivity index (χ1n) is 9.02. The van der Waals surface area contributed by atoms with Crippen molar-refractivity contribution in [2.24, 2.45) is 5.92 Å². The molecule has 1 amide bonds. The number of morpholine rings is 1. The lowest BCUT2D eigenvalue weighted by Gasteiger charge is -2.32. The summed E-state index contributed by atoms with van der Waals surface area (Å²) in [5, 5.41) is 0. The third-order valence-electron chi connectivity index (χ3n) is 4.57. The van der Waals surface area contributed by atoms with Crippen molar-refractivity contribution in [3.63, 3.8) is 0 Å². The molecule has 0 spiro atoms. The number of benzene rings is 1. The molecule has 1 atom stereocenters. The van der Waals surface area contributed by atoms with Crippen molar-refractivity contribution in [2.45, 2.75) is 51.0 Å². The van der Waals surface area contributed by atoms with Crippen molar-refractivity contribution < 1.29 is 17.9 Å². The lowest BCUT2D eigenvalue weighted by molar-refractivity contribution is -0.138. The minimum Gasteiger partial charge on any atom is -0.378 e. The van der Waals surface area contributed by atoms with E-state index in [2.05, 4.69) is 25.5 Å². The van der Waals surface area contributed by atoms with Gasteiger partial charge in [-0.05, 0) is 29.0 Å². The van der Waals surface area contributed by atoms with Crippen LogP contribution >= 0.6 is 0 Å². The predicted molar refractivity (Wildman–Crippen MR) is 101 cm³/mol. The van der Waals surface area contributed by atoms with E-state index >= 15 is 0 Å². The highest BCUT2D eigenvalue weighted by Crippen LogP contribution is 2.23. The fraction of sp³-hybridized carbons (Fsp3) is 0.632. The zero-order chi connectivity index (χ0) is 19.5. The molecule has 1 aliphatic heterocycles. The monoisotopic (exact) mass is 382 g/mol. The van der Waals surface area contributed by atoms with E-state index in [1.54, 1.807) is 17.0 Å². The van der Waals surface area contributed by atoms with E-state index in [1.807, 2.05) is 26.0 Å². The van der Waals surface area contributed by atoms with Gasteiger partial charge in [-0.1, -0.05) is 46.8 Å². The lowest BCUT2D eigenvalue weighted by Crippen LogP contribution is -2.53. The van der Waals surface area contributed by atoms with Gasteiger partial charge in [0.1, 0.15) is 6.04 Å². The van der Waals surface area contributed by atoms with Crippen molar-refractivity contribution in [3.8, 4) is 0 Å². The maximum Gasteiger partial charge on any atom is 0.241 e. The SMILES string of the molecule is CC(C)[C@@H](NS(=O)(=O)c1ccc(C(C)(C)C)cc1)C(=O)N1CCOCC1. The highest BCUT2D eigenvalue weighted by Gasteiger charge is 2.32. The second-order valence-electron chi connectivity index (χ2n) is 8.06. The van der Waals surface area contributed by atoms with Crippen LogP contribution in [0.2, 0.25) is 0 Å². The molecular formula is C19H30N2O4S. The largest absolute Gasteiger partial charge is 0.378 e. The van der Waals surface area contributed by atoms with Gasteiger partial charge in [-0.3, -0.25) is 4.79 Å². The molecule has 1 N–H and O–H groups in total. The van der Waals surface area contributed by atoms with E-state index in [-0.39, 0.29) is 22.1 Å². The van der Waals surface area contributed by atoms with Crippen LogP contribution in [0.15, 0.2) is 29.2 Å². The number of hydrogen-bond acceptors (Lipinski definition) is 4. The summed E-state index contributed by atoms with van der Waals surface area (Å²) < 4.78 is 33.4. The van der Waals surface area contributed by atoms with Gasteiger partial charge < -0.3 is 9.64 Å². The first kappa shape index (κ1) is 20.9. The number of nitrogens with zero attached hydrogens (tertiary/aromatic N) is 1. The van der Waals surface area contributed by atoms with Crippen molar-refractivity contribution in [2.75, 3.05) is 26.3 Å². The molecule has 1 aromatic rings. The van der Waals surface area contributed by atoms with Crippen LogP contribution in [-0.4, -0.2) is 51.6 Å². The Morgan fingerprint density at radius 1 is 1.12 bits per heavy atom. The van der Waals surface area contributed by atoms with Crippen LogP contribution in [0.5, 0.6) is 0 Å². The fourth-order valence-corrected chi connectivity index (χ4v) is 4.16. The summed E-state index contributed by atoms with van der Waals surface area (Å²) in [7, 11) is -3.78. The molecule has 26 heavy (non-hydrogen) atoms. The van der Waals surface area contributed by atoms with E-state index in [4.69, 9.17) is 4.74 Å². The number of hydrogen-bond donors (Lipinski definition) is 1. The number of carbonyl (C=O) groups is 1. The Hall–Kier alpha value is -1.44. The van der Waals surface area contributed by atoms with Crippen LogP contribution in [0.3, 0.4) is 0 Å². The highest BCUT2D eigenvalue weighted by molar-refractivity contribution is 7.89. The first-order valence-corrected chi connectivity index (χ1v) is 10.5. The minimum atomic E-state index is -3.78. The molecule has 0 aromatic heterocycles. The van der Waals surface area contributed by atoms with Gasteiger partial charge in [-0.25, -0.2) is 8.42 Å². The molecule has 0 bridgehead atoms. The Kier molecular flexibility index (Phi) is 6.47. The quantitative estimate of drug-likeness (QED) is 0.847. The molecule has 0 saturated carbocycles. The van der Waals surface area contributed by atoms with Gasteiger partial charge in [0.2, 0.25) is 15.9 Å². The molecule has 0 aliphatic carbocycles. The van der Waals surface area contributed by atoms with Gasteiger partial charge in [0.25, 0.3) is 0 Å². The standard InChI is InChI=1S/C19H30N2O4S/c1-14(2)17(18(22)21-10-12-25-13-11-21)20-26(23,24)16-8-6-15(7-9-16)19(3,4)5/h6-9,14,17,20H,10-13H2,1-5H3/t17-/m1/s1. The van der Waals surface area contributed by atoms with Crippen LogP contribution < -0.4 is 4.72 Å². The van der Waals surface area contributed by atoms with Crippen LogP contribution in [-0.2, 0) is 25.0 Å². The third kappa shape index (κ3) is 5.05. The highest BCUT2D eigenvalue weighted by atomic mass is 32.2. The zero-order valence-electron chi connectivity index (χ0n) is 16.3. The average Bonchev–Trinajstić information content (AvgIpc) is 2.59. The van der Waals surface area contributed by atoms with Gasteiger partial charge in [0.05, 0.1) is 18.1 Å². The zero-order valence-corrected chi connectivity index (χ0v) is 17.1. The van der Waals surface area contributed by atoms with E-state index in [1.165, 1.54) is 0 Å². The summed E-state index contributed by atoms with van der Waals surface area (Å²) >= 11 is 0. The smallest absolute Gasteiger partial charge is 0.241 e. The summed E-state index contributed by atoms with van der Waals surface area (Å²) in [4.78, 5) is 14.6. The topological polar surface area (TPSA) is 75.7 Å². The van der Waals surface area contributed by atoms with E-state index in [0.717, 1.165) is 5.56 Å². The van der Waals surface area contributed by atoms with Crippen molar-refractivity contribution in [1.82, 2.24) is 9.62 Å². The third-order valence-corrected chi connectivity index (χ3v) is 6.03. The van der Waals surface area contributed by atoms with Crippen molar-refractivity contribution >= 4 is 15.9 Å². The summed E-state index contributed by atoms with van der Waals surface area (Å²) in [5.74, 6) is -0.354. The average molecular weight is 383 g/mol. The second kappa shape index (κ2) is 8.06. The Labute approximate surface area is 157 Å². The molecule has 0 radical (unpaired) electrons. The van der Waals surface area contributed by atoms with Gasteiger partial charge in [0, 0.05) is 13.1 Å². The molecule has 6 nitrogen and oxygen atoms in total. The number of amides is 1. The normalized spacial score (nSPS) is 17.4. The molecule has 0 unspecified atom stereocenters. The summed E-state index contributed by atoms with van der Waals surface area (Å²) in [6, 6.07) is 6.05. The minimum absolute atomic E-state index is 0.0531. The van der Waals surface area contributed by atoms with Gasteiger partial charge in [-0.15, -0.1) is 0 Å². The number of sulfonamides is 1. The van der Waals surface area contributed by atoms with E-state index in [9.17, 15) is 13.2 Å². The van der Waals surface area contributed by atoms with Gasteiger partial charge >= 0.3 is 0 Å². The summed E-state index contributed by atoms with van der Waals surface area (Å²) in [6.45, 7) is 11.9. The molecule has 1 heterocycles. The maximum absolute atomic E-state index is 12.8. The molecule has 1 fully saturated rings. The van der Waals surface area contributed by atoms with Crippen LogP contribution in [0.1, 0.15) is 40.2 Å². The van der Waals surface area contributed by atoms with Crippen LogP contribution in [0.4, 0.5) is 0 Å². The molecule has 1 aliphatic rings. The van der Waals surface area contributed by atoms with Crippen LogP contribution in [0, 0.1) is 5.92 Å². The number of ether oxygens (including phenoxy) is 1. The molecule has 7 heteroatoms. The van der Waals surface area contributed by atoms with Gasteiger partial charge in [0.15, 0.2) is 0 Å². The van der Waals surface area contributed by atoms with E-state index < -0.39 is 16.1 Å². The molecule has 1 aromatic carbocycles. The Morgan fingerprint density at radius 2 is 1.65 bits per heavy atom. The summed E-state index contributed by atoms with van der Waals surface area (Å²) in [6.07, 6.45) is 0. The second-order valence-corrected chi connectivity index (χ2v) is 9.77. The van der Waals surface area contributed by atoms with Crippen molar-refractivity contribution in [1.29, 1.82) is 0 Å². The van der Waals surface area contributed by atoms with Gasteiger partial charge in [-0.2, -0.15) is 4.72 Å². The fourth-order valence-electron chi connectivity index (χ4n) is 2.82. The predicted octanol–water partition coefficient (Wildman–Crippen LogP) is 2.15. The number of carbonyl (C=O) groups excluding carboxylic acids is 1. The number of nitrogens with one attached hydrogen (secondary N) is 1. The number of rotatable bonds is 5. The maximum atomic E-state index is 12.8. The molecule has 1 saturated heterocycles. The molecule has 2 rings (SSSR count). The first-order chi connectivity index (χ1) is 12.0. The van der Waals surface area contributed by atoms with Crippen LogP contribution in [0.25, 0.3) is 0 Å². The van der Waals surface area contributed by atoms with Crippen molar-refractivity contribution in [3.05, 3.63) is 29.8 Å². The Morgan fingerprint density at radius 3 is 2.12 bits per heavy atom. The Balaban J connectivity index is 2.19.